The Morgan fingerprint density at radius 2 is 2.19 bits per heavy atom. The summed E-state index contributed by atoms with van der Waals surface area (Å²) in [7, 11) is 1.72. The molecule has 0 saturated heterocycles. The van der Waals surface area contributed by atoms with Crippen LogP contribution in [0.2, 0.25) is 0 Å². The van der Waals surface area contributed by atoms with Crippen LogP contribution in [0.15, 0.2) is 50.9 Å². The number of hydrogen-bond acceptors (Lipinski definition) is 4. The fourth-order valence-corrected chi connectivity index (χ4v) is 3.26. The third-order valence-corrected chi connectivity index (χ3v) is 4.96. The SMILES string of the molecule is COCCNCc1ccc(Sc2ncccc2Br)cc1C. The highest BCUT2D eigenvalue weighted by Gasteiger charge is 2.05. The lowest BCUT2D eigenvalue weighted by atomic mass is 10.1. The largest absolute Gasteiger partial charge is 0.383 e. The molecule has 1 aromatic heterocycles. The molecule has 0 aliphatic rings. The number of pyridine rings is 1. The van der Waals surface area contributed by atoms with E-state index in [1.165, 1.54) is 16.0 Å². The second kappa shape index (κ2) is 8.54. The molecule has 0 radical (unpaired) electrons. The summed E-state index contributed by atoms with van der Waals surface area (Å²) in [5.74, 6) is 0. The van der Waals surface area contributed by atoms with Crippen molar-refractivity contribution in [3.63, 3.8) is 0 Å². The maximum absolute atomic E-state index is 5.03. The molecule has 2 rings (SSSR count). The van der Waals surface area contributed by atoms with Gasteiger partial charge in [-0.15, -0.1) is 0 Å². The molecule has 1 heterocycles. The van der Waals surface area contributed by atoms with E-state index in [1.54, 1.807) is 18.9 Å². The molecule has 1 N–H and O–H groups in total. The van der Waals surface area contributed by atoms with Crippen LogP contribution in [0.4, 0.5) is 0 Å². The number of nitrogens with one attached hydrogen (secondary N) is 1. The van der Waals surface area contributed by atoms with Crippen molar-refractivity contribution in [1.29, 1.82) is 0 Å². The minimum absolute atomic E-state index is 0.737. The van der Waals surface area contributed by atoms with Crippen LogP contribution in [-0.4, -0.2) is 25.2 Å². The normalized spacial score (nSPS) is 10.8. The highest BCUT2D eigenvalue weighted by Crippen LogP contribution is 2.32. The molecule has 21 heavy (non-hydrogen) atoms. The van der Waals surface area contributed by atoms with Gasteiger partial charge < -0.3 is 10.1 Å². The van der Waals surface area contributed by atoms with Crippen molar-refractivity contribution in [3.8, 4) is 0 Å². The van der Waals surface area contributed by atoms with Gasteiger partial charge >= 0.3 is 0 Å². The number of benzene rings is 1. The van der Waals surface area contributed by atoms with Gasteiger partial charge in [-0.25, -0.2) is 4.98 Å². The molecule has 0 fully saturated rings. The number of halogens is 1. The average molecular weight is 367 g/mol. The van der Waals surface area contributed by atoms with E-state index < -0.39 is 0 Å². The van der Waals surface area contributed by atoms with Crippen molar-refractivity contribution in [2.24, 2.45) is 0 Å². The molecule has 0 bridgehead atoms. The Bertz CT molecular complexity index is 592. The van der Waals surface area contributed by atoms with Gasteiger partial charge in [-0.1, -0.05) is 17.8 Å². The molecular weight excluding hydrogens is 348 g/mol. The summed E-state index contributed by atoms with van der Waals surface area (Å²) >= 11 is 5.20. The molecule has 0 aliphatic heterocycles. The van der Waals surface area contributed by atoms with Crippen LogP contribution in [0.25, 0.3) is 0 Å². The Kier molecular flexibility index (Phi) is 6.70. The number of rotatable bonds is 7. The van der Waals surface area contributed by atoms with Crippen LogP contribution in [0.1, 0.15) is 11.1 Å². The van der Waals surface area contributed by atoms with Crippen LogP contribution in [0.5, 0.6) is 0 Å². The molecule has 5 heteroatoms. The lowest BCUT2D eigenvalue weighted by Crippen LogP contribution is -2.19. The molecule has 3 nitrogen and oxygen atoms in total. The quantitative estimate of drug-likeness (QED) is 0.749. The molecule has 112 valence electrons. The smallest absolute Gasteiger partial charge is 0.115 e. The van der Waals surface area contributed by atoms with Gasteiger partial charge in [0, 0.05) is 31.3 Å². The monoisotopic (exact) mass is 366 g/mol. The Labute approximate surface area is 138 Å². The van der Waals surface area contributed by atoms with Crippen molar-refractivity contribution in [3.05, 3.63) is 52.1 Å². The molecule has 0 amide bonds. The number of nitrogens with zero attached hydrogens (tertiary/aromatic N) is 1. The highest BCUT2D eigenvalue weighted by atomic mass is 79.9. The molecule has 2 aromatic rings. The predicted octanol–water partition coefficient (Wildman–Crippen LogP) is 4.04. The van der Waals surface area contributed by atoms with Gasteiger partial charge in [0.15, 0.2) is 0 Å². The number of methoxy groups -OCH3 is 1. The first-order valence-corrected chi connectivity index (χ1v) is 8.39. The molecule has 0 saturated carbocycles. The summed E-state index contributed by atoms with van der Waals surface area (Å²) in [4.78, 5) is 5.59. The summed E-state index contributed by atoms with van der Waals surface area (Å²) in [6.07, 6.45) is 1.81. The van der Waals surface area contributed by atoms with E-state index >= 15 is 0 Å². The first-order valence-electron chi connectivity index (χ1n) is 6.78. The third-order valence-electron chi connectivity index (χ3n) is 3.05. The van der Waals surface area contributed by atoms with E-state index in [0.717, 1.165) is 29.2 Å². The lowest BCUT2D eigenvalue weighted by molar-refractivity contribution is 0.199. The van der Waals surface area contributed by atoms with E-state index in [1.807, 2.05) is 18.3 Å². The first-order chi connectivity index (χ1) is 10.2. The Balaban J connectivity index is 2.00. The number of ether oxygens (including phenoxy) is 1. The molecule has 0 spiro atoms. The third kappa shape index (κ3) is 5.11. The standard InChI is InChI=1S/C16H19BrN2OS/c1-12-10-14(21-16-15(17)4-3-7-19-16)6-5-13(12)11-18-8-9-20-2/h3-7,10,18H,8-9,11H2,1-2H3. The van der Waals surface area contributed by atoms with Crippen LogP contribution < -0.4 is 5.32 Å². The molecule has 0 atom stereocenters. The molecule has 0 aliphatic carbocycles. The van der Waals surface area contributed by atoms with Gasteiger partial charge in [0.05, 0.1) is 11.1 Å². The van der Waals surface area contributed by atoms with Crippen molar-refractivity contribution >= 4 is 27.7 Å². The van der Waals surface area contributed by atoms with Crippen LogP contribution >= 0.6 is 27.7 Å². The summed E-state index contributed by atoms with van der Waals surface area (Å²) in [6, 6.07) is 10.5. The lowest BCUT2D eigenvalue weighted by Gasteiger charge is -2.10. The van der Waals surface area contributed by atoms with Crippen LogP contribution in [0, 0.1) is 6.92 Å². The number of aryl methyl sites for hydroxylation is 1. The zero-order valence-electron chi connectivity index (χ0n) is 12.2. The summed E-state index contributed by atoms with van der Waals surface area (Å²) < 4.78 is 6.06. The average Bonchev–Trinajstić information content (AvgIpc) is 2.48. The van der Waals surface area contributed by atoms with Crippen molar-refractivity contribution < 1.29 is 4.74 Å². The zero-order chi connectivity index (χ0) is 15.1. The van der Waals surface area contributed by atoms with E-state index in [-0.39, 0.29) is 0 Å². The molecule has 0 unspecified atom stereocenters. The maximum atomic E-state index is 5.03. The Morgan fingerprint density at radius 1 is 1.33 bits per heavy atom. The fraction of sp³-hybridized carbons (Fsp3) is 0.312. The van der Waals surface area contributed by atoms with Gasteiger partial charge in [0.25, 0.3) is 0 Å². The molecular formula is C16H19BrN2OS. The van der Waals surface area contributed by atoms with Crippen molar-refractivity contribution in [1.82, 2.24) is 10.3 Å². The maximum Gasteiger partial charge on any atom is 0.115 e. The number of aromatic nitrogens is 1. The van der Waals surface area contributed by atoms with E-state index in [9.17, 15) is 0 Å². The van der Waals surface area contributed by atoms with Gasteiger partial charge in [-0.2, -0.15) is 0 Å². The topological polar surface area (TPSA) is 34.1 Å². The zero-order valence-corrected chi connectivity index (χ0v) is 14.6. The second-order valence-electron chi connectivity index (χ2n) is 4.65. The predicted molar refractivity (Wildman–Crippen MR) is 90.8 cm³/mol. The van der Waals surface area contributed by atoms with Crippen molar-refractivity contribution in [2.75, 3.05) is 20.3 Å². The summed E-state index contributed by atoms with van der Waals surface area (Å²) in [5, 5.41) is 4.36. The van der Waals surface area contributed by atoms with E-state index in [4.69, 9.17) is 4.74 Å². The molecule has 1 aromatic carbocycles. The van der Waals surface area contributed by atoms with Crippen molar-refractivity contribution in [2.45, 2.75) is 23.4 Å². The number of hydrogen-bond donors (Lipinski definition) is 1. The highest BCUT2D eigenvalue weighted by molar-refractivity contribution is 9.10. The van der Waals surface area contributed by atoms with Gasteiger partial charge in [-0.05, 0) is 58.2 Å². The van der Waals surface area contributed by atoms with Gasteiger partial charge in [-0.3, -0.25) is 0 Å². The minimum Gasteiger partial charge on any atom is -0.383 e. The van der Waals surface area contributed by atoms with E-state index in [0.29, 0.717) is 0 Å². The Hall–Kier alpha value is -0.880. The van der Waals surface area contributed by atoms with Crippen LogP contribution in [0.3, 0.4) is 0 Å². The first kappa shape index (κ1) is 16.5. The van der Waals surface area contributed by atoms with Gasteiger partial charge in [0.2, 0.25) is 0 Å². The Morgan fingerprint density at radius 3 is 2.90 bits per heavy atom. The van der Waals surface area contributed by atoms with Crippen LogP contribution in [-0.2, 0) is 11.3 Å². The summed E-state index contributed by atoms with van der Waals surface area (Å²) in [6.45, 7) is 4.62. The van der Waals surface area contributed by atoms with E-state index in [2.05, 4.69) is 51.4 Å². The summed E-state index contributed by atoms with van der Waals surface area (Å²) in [5.41, 5.74) is 2.60. The minimum atomic E-state index is 0.737. The fourth-order valence-electron chi connectivity index (χ4n) is 1.89. The van der Waals surface area contributed by atoms with Gasteiger partial charge in [0.1, 0.15) is 5.03 Å². The second-order valence-corrected chi connectivity index (χ2v) is 6.57.